The zero-order chi connectivity index (χ0) is 19.2. The standard InChI is InChI=1S/C19H24N6O2/c1-14(20)18(27)23-16-5-3-15(4-6-16)13-17(26)24-9-11-25(12-10-24)19-21-7-2-8-22-19/h2-8,14H,9-13,20H2,1H3,(H,23,27)/t14-/m0/s1. The molecule has 1 aromatic carbocycles. The minimum atomic E-state index is -0.564. The first-order chi connectivity index (χ1) is 13.0. The van der Waals surface area contributed by atoms with Crippen LogP contribution in [0, 0.1) is 0 Å². The van der Waals surface area contributed by atoms with Crippen LogP contribution in [0.25, 0.3) is 0 Å². The Kier molecular flexibility index (Phi) is 5.97. The number of nitrogens with zero attached hydrogens (tertiary/aromatic N) is 4. The molecule has 1 aromatic heterocycles. The first-order valence-electron chi connectivity index (χ1n) is 8.98. The van der Waals surface area contributed by atoms with E-state index in [0.29, 0.717) is 31.1 Å². The van der Waals surface area contributed by atoms with Crippen molar-refractivity contribution in [3.05, 3.63) is 48.3 Å². The number of amides is 2. The largest absolute Gasteiger partial charge is 0.339 e. The molecule has 27 heavy (non-hydrogen) atoms. The average Bonchev–Trinajstić information content (AvgIpc) is 2.70. The fourth-order valence-corrected chi connectivity index (χ4v) is 2.86. The van der Waals surface area contributed by atoms with Gasteiger partial charge in [-0.15, -0.1) is 0 Å². The van der Waals surface area contributed by atoms with E-state index in [1.165, 1.54) is 0 Å². The maximum absolute atomic E-state index is 12.6. The van der Waals surface area contributed by atoms with Crippen molar-refractivity contribution in [3.8, 4) is 0 Å². The monoisotopic (exact) mass is 368 g/mol. The van der Waals surface area contributed by atoms with Gasteiger partial charge in [0.05, 0.1) is 12.5 Å². The lowest BCUT2D eigenvalue weighted by molar-refractivity contribution is -0.130. The van der Waals surface area contributed by atoms with Crippen molar-refractivity contribution in [2.24, 2.45) is 5.73 Å². The molecule has 1 fully saturated rings. The summed E-state index contributed by atoms with van der Waals surface area (Å²) in [6.45, 7) is 4.38. The smallest absolute Gasteiger partial charge is 0.240 e. The van der Waals surface area contributed by atoms with Crippen LogP contribution in [-0.4, -0.2) is 58.9 Å². The third-order valence-corrected chi connectivity index (χ3v) is 4.46. The van der Waals surface area contributed by atoms with Crippen molar-refractivity contribution >= 4 is 23.5 Å². The molecule has 0 radical (unpaired) electrons. The van der Waals surface area contributed by atoms with Crippen LogP contribution in [0.1, 0.15) is 12.5 Å². The fraction of sp³-hybridized carbons (Fsp3) is 0.368. The maximum Gasteiger partial charge on any atom is 0.240 e. The van der Waals surface area contributed by atoms with Crippen LogP contribution < -0.4 is 16.0 Å². The first-order valence-corrected chi connectivity index (χ1v) is 8.98. The topological polar surface area (TPSA) is 104 Å². The van der Waals surface area contributed by atoms with Gasteiger partial charge in [-0.1, -0.05) is 12.1 Å². The molecule has 0 aliphatic carbocycles. The second kappa shape index (κ2) is 8.59. The predicted molar refractivity (Wildman–Crippen MR) is 103 cm³/mol. The minimum Gasteiger partial charge on any atom is -0.339 e. The molecular formula is C19H24N6O2. The first kappa shape index (κ1) is 18.8. The summed E-state index contributed by atoms with van der Waals surface area (Å²) in [5.74, 6) is 0.559. The van der Waals surface area contributed by atoms with Gasteiger partial charge in [-0.25, -0.2) is 9.97 Å². The summed E-state index contributed by atoms with van der Waals surface area (Å²) in [5, 5.41) is 2.73. The second-order valence-corrected chi connectivity index (χ2v) is 6.57. The normalized spacial score (nSPS) is 15.3. The van der Waals surface area contributed by atoms with Crippen LogP contribution in [0.2, 0.25) is 0 Å². The number of anilines is 2. The Labute approximate surface area is 158 Å². The van der Waals surface area contributed by atoms with Gasteiger partial charge in [-0.3, -0.25) is 9.59 Å². The lowest BCUT2D eigenvalue weighted by atomic mass is 10.1. The van der Waals surface area contributed by atoms with Gasteiger partial charge in [-0.2, -0.15) is 0 Å². The van der Waals surface area contributed by atoms with Gasteiger partial charge in [0.1, 0.15) is 0 Å². The maximum atomic E-state index is 12.6. The van der Waals surface area contributed by atoms with Crippen LogP contribution in [-0.2, 0) is 16.0 Å². The molecule has 8 nitrogen and oxygen atoms in total. The molecule has 8 heteroatoms. The zero-order valence-corrected chi connectivity index (χ0v) is 15.3. The summed E-state index contributed by atoms with van der Waals surface area (Å²) in [4.78, 5) is 36.6. The SMILES string of the molecule is C[C@H](N)C(=O)Nc1ccc(CC(=O)N2CCN(c3ncccn3)CC2)cc1. The molecule has 0 spiro atoms. The number of hydrogen-bond donors (Lipinski definition) is 2. The van der Waals surface area contributed by atoms with Gasteiger partial charge in [0.2, 0.25) is 17.8 Å². The van der Waals surface area contributed by atoms with Crippen molar-refractivity contribution < 1.29 is 9.59 Å². The quantitative estimate of drug-likeness (QED) is 0.803. The Balaban J connectivity index is 1.50. The van der Waals surface area contributed by atoms with E-state index in [0.717, 1.165) is 18.7 Å². The Morgan fingerprint density at radius 2 is 1.74 bits per heavy atom. The summed E-state index contributed by atoms with van der Waals surface area (Å²) < 4.78 is 0. The molecule has 3 N–H and O–H groups in total. The Morgan fingerprint density at radius 3 is 2.33 bits per heavy atom. The van der Waals surface area contributed by atoms with E-state index >= 15 is 0 Å². The molecule has 1 saturated heterocycles. The molecule has 2 amide bonds. The van der Waals surface area contributed by atoms with E-state index in [1.807, 2.05) is 17.0 Å². The molecule has 1 aliphatic heterocycles. The second-order valence-electron chi connectivity index (χ2n) is 6.57. The Hall–Kier alpha value is -3.00. The van der Waals surface area contributed by atoms with Crippen LogP contribution in [0.4, 0.5) is 11.6 Å². The lowest BCUT2D eigenvalue weighted by Gasteiger charge is -2.34. The molecule has 142 valence electrons. The number of benzene rings is 1. The van der Waals surface area contributed by atoms with Gasteiger partial charge >= 0.3 is 0 Å². The summed E-state index contributed by atoms with van der Waals surface area (Å²) in [6, 6.07) is 8.50. The van der Waals surface area contributed by atoms with Crippen LogP contribution >= 0.6 is 0 Å². The highest BCUT2D eigenvalue weighted by Crippen LogP contribution is 2.14. The van der Waals surface area contributed by atoms with Gasteiger partial charge in [-0.05, 0) is 30.7 Å². The molecule has 3 rings (SSSR count). The van der Waals surface area contributed by atoms with E-state index in [4.69, 9.17) is 5.73 Å². The molecule has 2 heterocycles. The van der Waals surface area contributed by atoms with Gasteiger partial charge in [0, 0.05) is 44.3 Å². The zero-order valence-electron chi connectivity index (χ0n) is 15.3. The van der Waals surface area contributed by atoms with Gasteiger partial charge in [0.25, 0.3) is 0 Å². The Morgan fingerprint density at radius 1 is 1.11 bits per heavy atom. The number of nitrogens with one attached hydrogen (secondary N) is 1. The molecule has 1 atom stereocenters. The number of carbonyl (C=O) groups is 2. The molecule has 0 bridgehead atoms. The van der Waals surface area contributed by atoms with Crippen LogP contribution in [0.3, 0.4) is 0 Å². The van der Waals surface area contributed by atoms with Gasteiger partial charge < -0.3 is 20.9 Å². The van der Waals surface area contributed by atoms with E-state index in [-0.39, 0.29) is 11.8 Å². The average molecular weight is 368 g/mol. The van der Waals surface area contributed by atoms with Crippen molar-refractivity contribution in [1.82, 2.24) is 14.9 Å². The summed E-state index contributed by atoms with van der Waals surface area (Å²) in [5.41, 5.74) is 7.12. The van der Waals surface area contributed by atoms with Gasteiger partial charge in [0.15, 0.2) is 0 Å². The number of rotatable bonds is 5. The summed E-state index contributed by atoms with van der Waals surface area (Å²) >= 11 is 0. The minimum absolute atomic E-state index is 0.0935. The van der Waals surface area contributed by atoms with E-state index in [1.54, 1.807) is 37.5 Å². The number of hydrogen-bond acceptors (Lipinski definition) is 6. The third-order valence-electron chi connectivity index (χ3n) is 4.46. The molecule has 0 saturated carbocycles. The number of nitrogens with two attached hydrogens (primary N) is 1. The molecule has 2 aromatic rings. The van der Waals surface area contributed by atoms with E-state index < -0.39 is 6.04 Å². The van der Waals surface area contributed by atoms with Crippen molar-refractivity contribution in [2.45, 2.75) is 19.4 Å². The lowest BCUT2D eigenvalue weighted by Crippen LogP contribution is -2.49. The predicted octanol–water partition coefficient (Wildman–Crippen LogP) is 0.654. The van der Waals surface area contributed by atoms with Crippen molar-refractivity contribution in [1.29, 1.82) is 0 Å². The highest BCUT2D eigenvalue weighted by atomic mass is 16.2. The highest BCUT2D eigenvalue weighted by molar-refractivity contribution is 5.94. The van der Waals surface area contributed by atoms with E-state index in [9.17, 15) is 9.59 Å². The van der Waals surface area contributed by atoms with Crippen LogP contribution in [0.15, 0.2) is 42.7 Å². The summed E-state index contributed by atoms with van der Waals surface area (Å²) in [6.07, 6.45) is 3.78. The summed E-state index contributed by atoms with van der Waals surface area (Å²) in [7, 11) is 0. The van der Waals surface area contributed by atoms with Crippen molar-refractivity contribution in [3.63, 3.8) is 0 Å². The highest BCUT2D eigenvalue weighted by Gasteiger charge is 2.22. The van der Waals surface area contributed by atoms with Crippen molar-refractivity contribution in [2.75, 3.05) is 36.4 Å². The number of aromatic nitrogens is 2. The Bertz CT molecular complexity index is 771. The number of piperazine rings is 1. The molecular weight excluding hydrogens is 344 g/mol. The molecule has 1 aliphatic rings. The fourth-order valence-electron chi connectivity index (χ4n) is 2.86. The van der Waals surface area contributed by atoms with Crippen LogP contribution in [0.5, 0.6) is 0 Å². The number of carbonyl (C=O) groups excluding carboxylic acids is 2. The molecule has 0 unspecified atom stereocenters. The third kappa shape index (κ3) is 5.01. The van der Waals surface area contributed by atoms with E-state index in [2.05, 4.69) is 20.2 Å².